The van der Waals surface area contributed by atoms with Crippen LogP contribution in [0.1, 0.15) is 38.1 Å². The number of hydrogen-bond donors (Lipinski definition) is 2. The summed E-state index contributed by atoms with van der Waals surface area (Å²) in [5.74, 6) is 0.275. The second kappa shape index (κ2) is 5.91. The van der Waals surface area contributed by atoms with Crippen LogP contribution in [0.3, 0.4) is 0 Å². The van der Waals surface area contributed by atoms with Crippen LogP contribution in [0.25, 0.3) is 0 Å². The summed E-state index contributed by atoms with van der Waals surface area (Å²) in [6.07, 6.45) is 0. The van der Waals surface area contributed by atoms with Gasteiger partial charge in [0.15, 0.2) is 0 Å². The van der Waals surface area contributed by atoms with Gasteiger partial charge in [0.25, 0.3) is 5.91 Å². The van der Waals surface area contributed by atoms with E-state index in [1.807, 2.05) is 0 Å². The van der Waals surface area contributed by atoms with Crippen LogP contribution in [0.15, 0.2) is 18.2 Å². The van der Waals surface area contributed by atoms with Crippen molar-refractivity contribution in [3.8, 4) is 5.75 Å². The molecule has 0 aromatic heterocycles. The molecule has 0 atom stereocenters. The van der Waals surface area contributed by atoms with Crippen LogP contribution in [0.4, 0.5) is 0 Å². The molecule has 0 radical (unpaired) electrons. The highest BCUT2D eigenvalue weighted by Crippen LogP contribution is 2.25. The summed E-state index contributed by atoms with van der Waals surface area (Å²) < 4.78 is 0.929. The Morgan fingerprint density at radius 3 is 2.61 bits per heavy atom. The highest BCUT2D eigenvalue weighted by Gasteiger charge is 2.23. The van der Waals surface area contributed by atoms with Crippen LogP contribution < -0.4 is 5.32 Å². The lowest BCUT2D eigenvalue weighted by Crippen LogP contribution is -2.37. The summed E-state index contributed by atoms with van der Waals surface area (Å²) in [7, 11) is 0. The first-order valence-electron chi connectivity index (χ1n) is 6.01. The number of nitrogens with one attached hydrogen (secondary N) is 1. The number of phenolic OH excluding ortho intramolecular Hbond substituents is 1. The first kappa shape index (κ1) is 15.3. The van der Waals surface area contributed by atoms with Crippen LogP contribution in [0, 0.1) is 14.9 Å². The molecule has 1 rings (SSSR count). The summed E-state index contributed by atoms with van der Waals surface area (Å²) >= 11 is 2.12. The van der Waals surface area contributed by atoms with Crippen molar-refractivity contribution in [2.75, 3.05) is 6.54 Å². The predicted octanol–water partition coefficient (Wildman–Crippen LogP) is 3.41. The maximum Gasteiger partial charge on any atom is 0.255 e. The molecular formula is C14H20INO2. The van der Waals surface area contributed by atoms with E-state index in [0.29, 0.717) is 18.0 Å². The Labute approximate surface area is 122 Å². The Morgan fingerprint density at radius 1 is 1.44 bits per heavy atom. The predicted molar refractivity (Wildman–Crippen MR) is 81.8 cm³/mol. The van der Waals surface area contributed by atoms with Gasteiger partial charge in [-0.05, 0) is 52.1 Å². The zero-order valence-corrected chi connectivity index (χ0v) is 13.4. The van der Waals surface area contributed by atoms with Gasteiger partial charge in [0.05, 0.1) is 5.56 Å². The first-order chi connectivity index (χ1) is 8.24. The summed E-state index contributed by atoms with van der Waals surface area (Å²) in [5.41, 5.74) is 0.370. The quantitative estimate of drug-likeness (QED) is 0.808. The van der Waals surface area contributed by atoms with Crippen LogP contribution in [-0.4, -0.2) is 17.6 Å². The van der Waals surface area contributed by atoms with Gasteiger partial charge in [0.2, 0.25) is 0 Å². The Morgan fingerprint density at radius 2 is 2.06 bits per heavy atom. The van der Waals surface area contributed by atoms with Crippen molar-refractivity contribution in [1.82, 2.24) is 5.32 Å². The molecule has 1 amide bonds. The lowest BCUT2D eigenvalue weighted by Gasteiger charge is -2.29. The second-order valence-corrected chi connectivity index (χ2v) is 6.73. The van der Waals surface area contributed by atoms with Crippen molar-refractivity contribution in [3.05, 3.63) is 27.3 Å². The number of phenols is 1. The molecule has 2 N–H and O–H groups in total. The zero-order chi connectivity index (χ0) is 13.9. The van der Waals surface area contributed by atoms with E-state index in [4.69, 9.17) is 0 Å². The molecule has 0 aliphatic carbocycles. The summed E-state index contributed by atoms with van der Waals surface area (Å²) in [6.45, 7) is 9.09. The van der Waals surface area contributed by atoms with E-state index in [1.165, 1.54) is 0 Å². The molecule has 0 saturated heterocycles. The number of carbonyl (C=O) groups is 1. The topological polar surface area (TPSA) is 49.3 Å². The molecule has 4 heteroatoms. The van der Waals surface area contributed by atoms with Gasteiger partial charge in [-0.1, -0.05) is 27.7 Å². The van der Waals surface area contributed by atoms with Crippen molar-refractivity contribution in [3.63, 3.8) is 0 Å². The van der Waals surface area contributed by atoms with Gasteiger partial charge < -0.3 is 10.4 Å². The number of carbonyl (C=O) groups excluding carboxylic acids is 1. The third-order valence-electron chi connectivity index (χ3n) is 3.47. The Bertz CT molecular complexity index is 441. The molecular weight excluding hydrogens is 341 g/mol. The highest BCUT2D eigenvalue weighted by molar-refractivity contribution is 14.1. The lowest BCUT2D eigenvalue weighted by molar-refractivity contribution is 0.0922. The van der Waals surface area contributed by atoms with Gasteiger partial charge in [-0.15, -0.1) is 0 Å². The smallest absolute Gasteiger partial charge is 0.255 e. The van der Waals surface area contributed by atoms with E-state index in [9.17, 15) is 9.90 Å². The normalized spacial score (nSPS) is 11.7. The average molecular weight is 361 g/mol. The molecule has 0 unspecified atom stereocenters. The first-order valence-corrected chi connectivity index (χ1v) is 7.08. The Hall–Kier alpha value is -0.780. The van der Waals surface area contributed by atoms with Crippen LogP contribution in [0.5, 0.6) is 5.75 Å². The van der Waals surface area contributed by atoms with Crippen molar-refractivity contribution in [2.45, 2.75) is 27.7 Å². The molecule has 0 heterocycles. The van der Waals surface area contributed by atoms with E-state index in [0.717, 1.165) is 3.57 Å². The minimum Gasteiger partial charge on any atom is -0.507 e. The molecule has 1 aromatic rings. The number of hydrogen-bond acceptors (Lipinski definition) is 2. The molecule has 0 fully saturated rings. The van der Waals surface area contributed by atoms with Gasteiger partial charge in [0.1, 0.15) is 5.75 Å². The van der Waals surface area contributed by atoms with Crippen LogP contribution in [-0.2, 0) is 0 Å². The molecule has 0 saturated carbocycles. The minimum absolute atomic E-state index is 0.0234. The molecule has 0 aliphatic rings. The SMILES string of the molecule is CC(C)C(C)(C)CNC(=O)c1cc(I)ccc1O. The molecule has 18 heavy (non-hydrogen) atoms. The number of aromatic hydroxyl groups is 1. The van der Waals surface area contributed by atoms with Crippen molar-refractivity contribution < 1.29 is 9.90 Å². The molecule has 1 aromatic carbocycles. The largest absolute Gasteiger partial charge is 0.507 e. The number of amides is 1. The molecule has 3 nitrogen and oxygen atoms in total. The van der Waals surface area contributed by atoms with Crippen LogP contribution >= 0.6 is 22.6 Å². The van der Waals surface area contributed by atoms with Gasteiger partial charge in [-0.25, -0.2) is 0 Å². The van der Waals surface area contributed by atoms with E-state index < -0.39 is 0 Å². The van der Waals surface area contributed by atoms with E-state index >= 15 is 0 Å². The minimum atomic E-state index is -0.222. The third-order valence-corrected chi connectivity index (χ3v) is 4.14. The lowest BCUT2D eigenvalue weighted by atomic mass is 9.81. The Kier molecular flexibility index (Phi) is 5.01. The third kappa shape index (κ3) is 3.86. The van der Waals surface area contributed by atoms with Crippen molar-refractivity contribution >= 4 is 28.5 Å². The summed E-state index contributed by atoms with van der Waals surface area (Å²) in [6, 6.07) is 5.00. The fourth-order valence-corrected chi connectivity index (χ4v) is 1.79. The summed E-state index contributed by atoms with van der Waals surface area (Å²) in [5, 5.41) is 12.6. The molecule has 0 aliphatic heterocycles. The van der Waals surface area contributed by atoms with E-state index in [1.54, 1.807) is 18.2 Å². The van der Waals surface area contributed by atoms with E-state index in [-0.39, 0.29) is 17.1 Å². The maximum absolute atomic E-state index is 12.0. The standard InChI is InChI=1S/C14H20INO2/c1-9(2)14(3,4)8-16-13(18)11-7-10(15)5-6-12(11)17/h5-7,9,17H,8H2,1-4H3,(H,16,18). The Balaban J connectivity index is 2.75. The van der Waals surface area contributed by atoms with Gasteiger partial charge >= 0.3 is 0 Å². The zero-order valence-electron chi connectivity index (χ0n) is 11.2. The van der Waals surface area contributed by atoms with Gasteiger partial charge in [-0.2, -0.15) is 0 Å². The number of benzene rings is 1. The van der Waals surface area contributed by atoms with Crippen molar-refractivity contribution in [2.24, 2.45) is 11.3 Å². The molecule has 0 spiro atoms. The second-order valence-electron chi connectivity index (χ2n) is 5.49. The van der Waals surface area contributed by atoms with Crippen molar-refractivity contribution in [1.29, 1.82) is 0 Å². The van der Waals surface area contributed by atoms with Gasteiger partial charge in [-0.3, -0.25) is 4.79 Å². The fraction of sp³-hybridized carbons (Fsp3) is 0.500. The maximum atomic E-state index is 12.0. The van der Waals surface area contributed by atoms with Gasteiger partial charge in [0, 0.05) is 10.1 Å². The number of halogens is 1. The van der Waals surface area contributed by atoms with Crippen LogP contribution in [0.2, 0.25) is 0 Å². The molecule has 0 bridgehead atoms. The monoisotopic (exact) mass is 361 g/mol. The average Bonchev–Trinajstić information content (AvgIpc) is 2.29. The van der Waals surface area contributed by atoms with E-state index in [2.05, 4.69) is 55.6 Å². The highest BCUT2D eigenvalue weighted by atomic mass is 127. The fourth-order valence-electron chi connectivity index (χ4n) is 1.30. The summed E-state index contributed by atoms with van der Waals surface area (Å²) in [4.78, 5) is 12.0. The number of rotatable bonds is 4. The molecule has 100 valence electrons.